The largest absolute Gasteiger partial charge is 0.298 e. The lowest BCUT2D eigenvalue weighted by atomic mass is 10.1. The van der Waals surface area contributed by atoms with Gasteiger partial charge in [0.05, 0.1) is 11.3 Å². The first-order chi connectivity index (χ1) is 11.5. The Bertz CT molecular complexity index is 909. The molecule has 0 aliphatic heterocycles. The molecule has 3 aromatic rings. The maximum atomic E-state index is 13.7. The summed E-state index contributed by atoms with van der Waals surface area (Å²) in [5.41, 5.74) is 1.19. The van der Waals surface area contributed by atoms with E-state index in [1.54, 1.807) is 12.1 Å². The lowest BCUT2D eigenvalue weighted by Crippen LogP contribution is -2.14. The molecule has 1 heterocycles. The van der Waals surface area contributed by atoms with Gasteiger partial charge in [0, 0.05) is 15.5 Å². The minimum Gasteiger partial charge on any atom is -0.298 e. The van der Waals surface area contributed by atoms with E-state index in [1.807, 2.05) is 19.1 Å². The molecular weight excluding hydrogens is 354 g/mol. The van der Waals surface area contributed by atoms with Crippen LogP contribution in [0.15, 0.2) is 42.5 Å². The number of aryl methyl sites for hydroxylation is 1. The Kier molecular flexibility index (Phi) is 4.59. The molecule has 24 heavy (non-hydrogen) atoms. The third-order valence-corrected chi connectivity index (χ3v) is 4.47. The summed E-state index contributed by atoms with van der Waals surface area (Å²) in [5.74, 6) is -3.00. The van der Waals surface area contributed by atoms with Crippen molar-refractivity contribution in [3.05, 3.63) is 69.6 Å². The van der Waals surface area contributed by atoms with Crippen LogP contribution >= 0.6 is 22.9 Å². The smallest absolute Gasteiger partial charge is 0.260 e. The number of carbonyl (C=O) groups is 1. The van der Waals surface area contributed by atoms with E-state index in [0.717, 1.165) is 16.5 Å². The molecule has 3 nitrogen and oxygen atoms in total. The molecule has 3 rings (SSSR count). The number of benzene rings is 2. The van der Waals surface area contributed by atoms with E-state index in [1.165, 1.54) is 23.5 Å². The fraction of sp³-hybridized carbons (Fsp3) is 0.0588. The third kappa shape index (κ3) is 3.29. The fourth-order valence-electron chi connectivity index (χ4n) is 2.17. The van der Waals surface area contributed by atoms with E-state index in [2.05, 4.69) is 10.3 Å². The van der Waals surface area contributed by atoms with Gasteiger partial charge < -0.3 is 0 Å². The molecule has 0 radical (unpaired) electrons. The van der Waals surface area contributed by atoms with Crippen LogP contribution in [0.3, 0.4) is 0 Å². The lowest BCUT2D eigenvalue weighted by molar-refractivity contribution is 0.102. The van der Waals surface area contributed by atoms with E-state index >= 15 is 0 Å². The van der Waals surface area contributed by atoms with E-state index in [-0.39, 0.29) is 5.56 Å². The monoisotopic (exact) mass is 364 g/mol. The van der Waals surface area contributed by atoms with Crippen LogP contribution in [0.2, 0.25) is 5.02 Å². The lowest BCUT2D eigenvalue weighted by Gasteiger charge is -2.03. The van der Waals surface area contributed by atoms with Gasteiger partial charge in [-0.3, -0.25) is 10.1 Å². The van der Waals surface area contributed by atoms with Crippen molar-refractivity contribution in [2.75, 3.05) is 5.32 Å². The molecule has 0 spiro atoms. The standard InChI is InChI=1S/C17H11ClF2N2OS/c1-9-15(10-5-7-11(18)8-6-10)21-17(24-9)22-16(23)12-3-2-4-13(19)14(12)20/h2-8H,1H3,(H,21,22,23). The van der Waals surface area contributed by atoms with E-state index < -0.39 is 17.5 Å². The highest BCUT2D eigenvalue weighted by molar-refractivity contribution is 7.16. The Morgan fingerprint density at radius 3 is 2.58 bits per heavy atom. The minimum atomic E-state index is -1.18. The van der Waals surface area contributed by atoms with Crippen molar-refractivity contribution in [2.45, 2.75) is 6.92 Å². The van der Waals surface area contributed by atoms with Crippen LogP contribution in [0.4, 0.5) is 13.9 Å². The second kappa shape index (κ2) is 6.67. The van der Waals surface area contributed by atoms with Crippen molar-refractivity contribution in [3.63, 3.8) is 0 Å². The van der Waals surface area contributed by atoms with Crippen LogP contribution < -0.4 is 5.32 Å². The second-order valence-electron chi connectivity index (χ2n) is 4.99. The number of nitrogens with zero attached hydrogens (tertiary/aromatic N) is 1. The Morgan fingerprint density at radius 2 is 1.88 bits per heavy atom. The Hall–Kier alpha value is -2.31. The van der Waals surface area contributed by atoms with Gasteiger partial charge in [0.2, 0.25) is 0 Å². The summed E-state index contributed by atoms with van der Waals surface area (Å²) < 4.78 is 26.9. The summed E-state index contributed by atoms with van der Waals surface area (Å²) >= 11 is 7.12. The van der Waals surface area contributed by atoms with Gasteiger partial charge in [0.15, 0.2) is 16.8 Å². The van der Waals surface area contributed by atoms with Gasteiger partial charge in [-0.1, -0.05) is 29.8 Å². The number of hydrogen-bond donors (Lipinski definition) is 1. The number of halogens is 3. The molecule has 0 aliphatic rings. The molecule has 0 saturated carbocycles. The predicted octanol–water partition coefficient (Wildman–Crippen LogP) is 5.30. The summed E-state index contributed by atoms with van der Waals surface area (Å²) in [6.07, 6.45) is 0. The number of nitrogens with one attached hydrogen (secondary N) is 1. The summed E-state index contributed by atoms with van der Waals surface area (Å²) in [4.78, 5) is 17.4. The summed E-state index contributed by atoms with van der Waals surface area (Å²) in [6.45, 7) is 1.86. The molecule has 2 aromatic carbocycles. The summed E-state index contributed by atoms with van der Waals surface area (Å²) in [7, 11) is 0. The highest BCUT2D eigenvalue weighted by atomic mass is 35.5. The number of rotatable bonds is 3. The molecule has 7 heteroatoms. The van der Waals surface area contributed by atoms with Gasteiger partial charge in [0.1, 0.15) is 0 Å². The average Bonchev–Trinajstić information content (AvgIpc) is 2.91. The van der Waals surface area contributed by atoms with E-state index in [4.69, 9.17) is 11.6 Å². The molecule has 1 N–H and O–H groups in total. The molecule has 122 valence electrons. The molecule has 0 unspecified atom stereocenters. The van der Waals surface area contributed by atoms with Crippen LogP contribution in [-0.2, 0) is 0 Å². The molecule has 0 saturated heterocycles. The van der Waals surface area contributed by atoms with Crippen molar-refractivity contribution in [3.8, 4) is 11.3 Å². The number of thiazole rings is 1. The SMILES string of the molecule is Cc1sc(NC(=O)c2cccc(F)c2F)nc1-c1ccc(Cl)cc1. The van der Waals surface area contributed by atoms with Gasteiger partial charge in [-0.05, 0) is 31.2 Å². The highest BCUT2D eigenvalue weighted by Gasteiger charge is 2.17. The van der Waals surface area contributed by atoms with Gasteiger partial charge in [-0.25, -0.2) is 13.8 Å². The molecule has 1 amide bonds. The number of hydrogen-bond acceptors (Lipinski definition) is 3. The minimum absolute atomic E-state index is 0.311. The Morgan fingerprint density at radius 1 is 1.17 bits per heavy atom. The predicted molar refractivity (Wildman–Crippen MR) is 91.6 cm³/mol. The van der Waals surface area contributed by atoms with Gasteiger partial charge in [-0.2, -0.15) is 0 Å². The number of anilines is 1. The van der Waals surface area contributed by atoms with E-state index in [0.29, 0.717) is 15.8 Å². The van der Waals surface area contributed by atoms with Crippen LogP contribution in [-0.4, -0.2) is 10.9 Å². The topological polar surface area (TPSA) is 42.0 Å². The molecule has 0 atom stereocenters. The molecule has 0 fully saturated rings. The molecule has 0 aliphatic carbocycles. The average molecular weight is 365 g/mol. The number of carbonyl (C=O) groups excluding carboxylic acids is 1. The number of amides is 1. The first-order valence-electron chi connectivity index (χ1n) is 6.94. The van der Waals surface area contributed by atoms with Crippen molar-refractivity contribution in [1.82, 2.24) is 4.98 Å². The quantitative estimate of drug-likeness (QED) is 0.685. The van der Waals surface area contributed by atoms with Crippen molar-refractivity contribution in [2.24, 2.45) is 0 Å². The van der Waals surface area contributed by atoms with Crippen molar-refractivity contribution < 1.29 is 13.6 Å². The summed E-state index contributed by atoms with van der Waals surface area (Å²) in [5, 5.41) is 3.43. The van der Waals surface area contributed by atoms with Crippen LogP contribution in [0.25, 0.3) is 11.3 Å². The molecule has 1 aromatic heterocycles. The van der Waals surface area contributed by atoms with Crippen LogP contribution in [0, 0.1) is 18.6 Å². The first-order valence-corrected chi connectivity index (χ1v) is 8.14. The highest BCUT2D eigenvalue weighted by Crippen LogP contribution is 2.31. The zero-order valence-electron chi connectivity index (χ0n) is 12.4. The zero-order chi connectivity index (χ0) is 17.3. The normalized spacial score (nSPS) is 10.7. The zero-order valence-corrected chi connectivity index (χ0v) is 14.0. The van der Waals surface area contributed by atoms with Crippen molar-refractivity contribution in [1.29, 1.82) is 0 Å². The van der Waals surface area contributed by atoms with Gasteiger partial charge in [-0.15, -0.1) is 11.3 Å². The van der Waals surface area contributed by atoms with E-state index in [9.17, 15) is 13.6 Å². The number of aromatic nitrogens is 1. The maximum Gasteiger partial charge on any atom is 0.260 e. The summed E-state index contributed by atoms with van der Waals surface area (Å²) in [6, 6.07) is 10.6. The Balaban J connectivity index is 1.86. The third-order valence-electron chi connectivity index (χ3n) is 3.33. The Labute approximate surface area is 145 Å². The van der Waals surface area contributed by atoms with Crippen LogP contribution in [0.5, 0.6) is 0 Å². The second-order valence-corrected chi connectivity index (χ2v) is 6.63. The fourth-order valence-corrected chi connectivity index (χ4v) is 3.13. The molecular formula is C17H11ClF2N2OS. The van der Waals surface area contributed by atoms with Gasteiger partial charge in [0.25, 0.3) is 5.91 Å². The van der Waals surface area contributed by atoms with Crippen LogP contribution in [0.1, 0.15) is 15.2 Å². The first kappa shape index (κ1) is 16.5. The van der Waals surface area contributed by atoms with Crippen molar-refractivity contribution >= 4 is 34.0 Å². The maximum absolute atomic E-state index is 13.7. The van der Waals surface area contributed by atoms with Gasteiger partial charge >= 0.3 is 0 Å². The molecule has 0 bridgehead atoms.